The summed E-state index contributed by atoms with van der Waals surface area (Å²) in [6, 6.07) is 0. The molecule has 0 fully saturated rings. The molecular formula is C5H5NO3. The van der Waals surface area contributed by atoms with E-state index in [9.17, 15) is 9.59 Å². The van der Waals surface area contributed by atoms with Gasteiger partial charge in [0.15, 0.2) is 0 Å². The van der Waals surface area contributed by atoms with Crippen LogP contribution in [0.25, 0.3) is 0 Å². The summed E-state index contributed by atoms with van der Waals surface area (Å²) in [6.45, 7) is 0. The van der Waals surface area contributed by atoms with Crippen LogP contribution in [-0.4, -0.2) is 12.3 Å². The molecule has 9 heavy (non-hydrogen) atoms. The van der Waals surface area contributed by atoms with Crippen LogP contribution in [0.2, 0.25) is 0 Å². The van der Waals surface area contributed by atoms with Crippen LogP contribution >= 0.6 is 0 Å². The van der Waals surface area contributed by atoms with E-state index in [2.05, 4.69) is 4.74 Å². The van der Waals surface area contributed by atoms with Gasteiger partial charge in [-0.3, -0.25) is 4.79 Å². The van der Waals surface area contributed by atoms with E-state index in [1.807, 2.05) is 0 Å². The number of rotatable bonds is 3. The van der Waals surface area contributed by atoms with Gasteiger partial charge in [-0.15, -0.1) is 5.26 Å². The van der Waals surface area contributed by atoms with E-state index in [1.54, 1.807) is 0 Å². The normalized spacial score (nSPS) is 7.44. The Kier molecular flexibility index (Phi) is 4.05. The van der Waals surface area contributed by atoms with Crippen molar-refractivity contribution in [2.75, 3.05) is 0 Å². The molecule has 0 aromatic heterocycles. The molecule has 0 aliphatic rings. The summed E-state index contributed by atoms with van der Waals surface area (Å²) in [6.07, 6.45) is 1.90. The first-order chi connectivity index (χ1) is 4.31. The van der Waals surface area contributed by atoms with E-state index in [1.165, 1.54) is 6.26 Å². The highest BCUT2D eigenvalue weighted by atomic mass is 16.5. The van der Waals surface area contributed by atoms with Crippen LogP contribution in [-0.2, 0) is 14.3 Å². The quantitative estimate of drug-likeness (QED) is 0.304. The summed E-state index contributed by atoms with van der Waals surface area (Å²) in [7, 11) is 0. The molecule has 0 unspecified atom stereocenters. The largest absolute Gasteiger partial charge is 0.351 e. The third-order valence-corrected chi connectivity index (χ3v) is 0.626. The predicted molar refractivity (Wildman–Crippen MR) is 27.0 cm³/mol. The van der Waals surface area contributed by atoms with Gasteiger partial charge in [0, 0.05) is 6.42 Å². The maximum atomic E-state index is 10.2. The highest BCUT2D eigenvalue weighted by molar-refractivity contribution is 5.73. The Labute approximate surface area is 52.0 Å². The summed E-state index contributed by atoms with van der Waals surface area (Å²) in [5.41, 5.74) is 0. The summed E-state index contributed by atoms with van der Waals surface area (Å²) in [5.74, 6) is -0.662. The Balaban J connectivity index is 3.29. The van der Waals surface area contributed by atoms with Crippen molar-refractivity contribution in [2.24, 2.45) is 0 Å². The van der Waals surface area contributed by atoms with E-state index in [0.29, 0.717) is 6.29 Å². The minimum Gasteiger partial charge on any atom is -0.351 e. The average molecular weight is 127 g/mol. The molecule has 0 N–H and O–H groups in total. The molecule has 0 rings (SSSR count). The van der Waals surface area contributed by atoms with Gasteiger partial charge >= 0.3 is 5.97 Å². The lowest BCUT2D eigenvalue weighted by atomic mass is 10.3. The Morgan fingerprint density at radius 3 is 2.89 bits per heavy atom. The molecule has 4 nitrogen and oxygen atoms in total. The van der Waals surface area contributed by atoms with Crippen LogP contribution in [0.1, 0.15) is 12.8 Å². The average Bonchev–Trinajstić information content (AvgIpc) is 1.85. The van der Waals surface area contributed by atoms with Crippen LogP contribution in [0.5, 0.6) is 0 Å². The number of nitrogens with zero attached hydrogens (tertiary/aromatic N) is 1. The van der Waals surface area contributed by atoms with E-state index in [4.69, 9.17) is 5.26 Å². The van der Waals surface area contributed by atoms with Gasteiger partial charge in [-0.2, -0.15) is 0 Å². The summed E-state index contributed by atoms with van der Waals surface area (Å²) in [4.78, 5) is 19.8. The Hall–Kier alpha value is -1.37. The summed E-state index contributed by atoms with van der Waals surface area (Å²) < 4.78 is 3.85. The number of carbonyl (C=O) groups excluding carboxylic acids is 2. The zero-order valence-corrected chi connectivity index (χ0v) is 4.66. The number of hydrogen-bond acceptors (Lipinski definition) is 4. The lowest BCUT2D eigenvalue weighted by molar-refractivity contribution is -0.137. The molecule has 0 aliphatic heterocycles. The predicted octanol–water partition coefficient (Wildman–Crippen LogP) is -0.0102. The van der Waals surface area contributed by atoms with Crippen molar-refractivity contribution >= 4 is 12.3 Å². The number of hydrogen-bond donors (Lipinski definition) is 0. The fourth-order valence-corrected chi connectivity index (χ4v) is 0.279. The number of ether oxygens (including phenoxy) is 1. The van der Waals surface area contributed by atoms with Crippen molar-refractivity contribution in [3.8, 4) is 6.26 Å². The summed E-state index contributed by atoms with van der Waals surface area (Å²) >= 11 is 0. The molecular weight excluding hydrogens is 122 g/mol. The number of aldehydes is 1. The molecule has 0 aromatic carbocycles. The molecule has 0 aliphatic carbocycles. The maximum absolute atomic E-state index is 10.2. The lowest BCUT2D eigenvalue weighted by Gasteiger charge is -1.86. The van der Waals surface area contributed by atoms with Gasteiger partial charge in [-0.05, 0) is 0 Å². The Morgan fingerprint density at radius 2 is 2.44 bits per heavy atom. The second-order valence-corrected chi connectivity index (χ2v) is 1.27. The molecule has 4 heteroatoms. The van der Waals surface area contributed by atoms with Crippen LogP contribution < -0.4 is 0 Å². The third kappa shape index (κ3) is 4.48. The second kappa shape index (κ2) is 4.78. The smallest absolute Gasteiger partial charge is 0.322 e. The highest BCUT2D eigenvalue weighted by Gasteiger charge is 1.98. The van der Waals surface area contributed by atoms with E-state index >= 15 is 0 Å². The number of nitriles is 1. The van der Waals surface area contributed by atoms with Crippen molar-refractivity contribution in [1.29, 1.82) is 5.26 Å². The van der Waals surface area contributed by atoms with Gasteiger partial charge in [-0.25, -0.2) is 0 Å². The van der Waals surface area contributed by atoms with Gasteiger partial charge in [0.05, 0.1) is 6.42 Å². The standard InChI is InChI=1S/C5H5NO3/c6-4-9-5(8)2-1-3-7/h3H,1-2H2. The monoisotopic (exact) mass is 127 g/mol. The SMILES string of the molecule is N#COC(=O)CCC=O. The first kappa shape index (κ1) is 7.63. The first-order valence-corrected chi connectivity index (χ1v) is 2.33. The van der Waals surface area contributed by atoms with E-state index < -0.39 is 5.97 Å². The van der Waals surface area contributed by atoms with Crippen LogP contribution in [0.4, 0.5) is 0 Å². The van der Waals surface area contributed by atoms with Crippen molar-refractivity contribution in [3.63, 3.8) is 0 Å². The highest BCUT2D eigenvalue weighted by Crippen LogP contribution is 1.87. The minimum atomic E-state index is -0.662. The fraction of sp³-hybridized carbons (Fsp3) is 0.400. The molecule has 0 bridgehead atoms. The second-order valence-electron chi connectivity index (χ2n) is 1.27. The third-order valence-electron chi connectivity index (χ3n) is 0.626. The molecule has 0 aromatic rings. The van der Waals surface area contributed by atoms with Gasteiger partial charge in [0.2, 0.25) is 0 Å². The Morgan fingerprint density at radius 1 is 1.78 bits per heavy atom. The van der Waals surface area contributed by atoms with E-state index in [0.717, 1.165) is 0 Å². The van der Waals surface area contributed by atoms with Crippen LogP contribution in [0.15, 0.2) is 0 Å². The van der Waals surface area contributed by atoms with Gasteiger partial charge in [0.1, 0.15) is 6.29 Å². The van der Waals surface area contributed by atoms with Gasteiger partial charge in [0.25, 0.3) is 6.26 Å². The fourth-order valence-electron chi connectivity index (χ4n) is 0.279. The molecule has 0 radical (unpaired) electrons. The zero-order chi connectivity index (χ0) is 7.11. The molecule has 0 spiro atoms. The molecule has 0 atom stereocenters. The van der Waals surface area contributed by atoms with Gasteiger partial charge < -0.3 is 9.53 Å². The van der Waals surface area contributed by atoms with Crippen molar-refractivity contribution < 1.29 is 14.3 Å². The zero-order valence-electron chi connectivity index (χ0n) is 4.66. The van der Waals surface area contributed by atoms with Crippen molar-refractivity contribution in [3.05, 3.63) is 0 Å². The lowest BCUT2D eigenvalue weighted by Crippen LogP contribution is -1.98. The molecule has 0 saturated heterocycles. The van der Waals surface area contributed by atoms with Gasteiger partial charge in [-0.1, -0.05) is 0 Å². The number of esters is 1. The summed E-state index contributed by atoms with van der Waals surface area (Å²) in [5, 5.41) is 7.75. The minimum absolute atomic E-state index is 0.0168. The molecule has 0 saturated carbocycles. The van der Waals surface area contributed by atoms with Crippen LogP contribution in [0, 0.1) is 11.5 Å². The molecule has 48 valence electrons. The van der Waals surface area contributed by atoms with Crippen LogP contribution in [0.3, 0.4) is 0 Å². The van der Waals surface area contributed by atoms with Crippen molar-refractivity contribution in [2.45, 2.75) is 12.8 Å². The van der Waals surface area contributed by atoms with E-state index in [-0.39, 0.29) is 12.8 Å². The maximum Gasteiger partial charge on any atom is 0.322 e. The topological polar surface area (TPSA) is 67.2 Å². The number of carbonyl (C=O) groups is 2. The Bertz CT molecular complexity index is 147. The molecule has 0 amide bonds. The van der Waals surface area contributed by atoms with Crippen molar-refractivity contribution in [1.82, 2.24) is 0 Å². The first-order valence-electron chi connectivity index (χ1n) is 2.33. The molecule has 0 heterocycles.